The molecular formula is C13H14N8S. The Labute approximate surface area is 131 Å². The minimum atomic E-state index is 0.0151. The van der Waals surface area contributed by atoms with Crippen LogP contribution in [0.25, 0.3) is 0 Å². The molecule has 0 aliphatic rings. The number of imidazole rings is 1. The highest BCUT2D eigenvalue weighted by Crippen LogP contribution is 2.33. The van der Waals surface area contributed by atoms with Gasteiger partial charge < -0.3 is 9.88 Å². The number of aryl methyl sites for hydroxylation is 1. The molecule has 22 heavy (non-hydrogen) atoms. The van der Waals surface area contributed by atoms with Crippen LogP contribution in [-0.4, -0.2) is 28.0 Å². The summed E-state index contributed by atoms with van der Waals surface area (Å²) in [5.41, 5.74) is 0.880. The quantitative estimate of drug-likeness (QED) is 0.850. The second kappa shape index (κ2) is 6.78. The van der Waals surface area contributed by atoms with E-state index in [9.17, 15) is 0 Å². The lowest BCUT2D eigenvalue weighted by Gasteiger charge is -2.16. The molecule has 2 heterocycles. The second-order valence-corrected chi connectivity index (χ2v) is 5.22. The molecule has 0 saturated heterocycles. The molecule has 0 atom stereocenters. The third kappa shape index (κ3) is 3.10. The van der Waals surface area contributed by atoms with Crippen LogP contribution in [0.15, 0.2) is 10.2 Å². The van der Waals surface area contributed by atoms with Gasteiger partial charge in [0.1, 0.15) is 12.1 Å². The van der Waals surface area contributed by atoms with E-state index in [0.29, 0.717) is 5.00 Å². The zero-order chi connectivity index (χ0) is 16.1. The molecule has 0 aromatic carbocycles. The van der Waals surface area contributed by atoms with E-state index in [4.69, 9.17) is 10.5 Å². The van der Waals surface area contributed by atoms with Crippen LogP contribution in [0.5, 0.6) is 0 Å². The largest absolute Gasteiger partial charge is 0.349 e. The van der Waals surface area contributed by atoms with E-state index in [1.807, 2.05) is 19.1 Å². The third-order valence-electron chi connectivity index (χ3n) is 2.94. The Morgan fingerprint density at radius 1 is 1.18 bits per heavy atom. The Hall–Kier alpha value is -2.78. The summed E-state index contributed by atoms with van der Waals surface area (Å²) in [6.07, 6.45) is 0. The van der Waals surface area contributed by atoms with Crippen LogP contribution in [0, 0.1) is 29.6 Å². The standard InChI is InChI=1S/C13H14N8S/c1-4-21(5-2)13-16-8(3)11(22-13)19-20-12-17-9(6-14)10(7-15)18-12/h4-5H2,1-3H3,(H,17,18). The van der Waals surface area contributed by atoms with Crippen LogP contribution in [-0.2, 0) is 0 Å². The van der Waals surface area contributed by atoms with Crippen molar-refractivity contribution in [1.82, 2.24) is 15.0 Å². The van der Waals surface area contributed by atoms with Crippen molar-refractivity contribution >= 4 is 27.4 Å². The maximum atomic E-state index is 8.85. The highest BCUT2D eigenvalue weighted by Gasteiger charge is 2.12. The summed E-state index contributed by atoms with van der Waals surface area (Å²) in [6.45, 7) is 7.74. The first-order valence-electron chi connectivity index (χ1n) is 6.67. The van der Waals surface area contributed by atoms with E-state index in [1.54, 1.807) is 0 Å². The molecule has 0 aliphatic carbocycles. The molecule has 0 unspecified atom stereocenters. The first-order chi connectivity index (χ1) is 10.6. The van der Waals surface area contributed by atoms with Gasteiger partial charge in [0, 0.05) is 13.1 Å². The number of aromatic amines is 1. The summed E-state index contributed by atoms with van der Waals surface area (Å²) < 4.78 is 0. The molecule has 0 spiro atoms. The Kier molecular flexibility index (Phi) is 4.81. The predicted octanol–water partition coefficient (Wildman–Crippen LogP) is 3.18. The molecule has 9 heteroatoms. The maximum absolute atomic E-state index is 8.85. The van der Waals surface area contributed by atoms with Gasteiger partial charge >= 0.3 is 0 Å². The number of nitrogens with zero attached hydrogens (tertiary/aromatic N) is 7. The molecule has 1 N–H and O–H groups in total. The van der Waals surface area contributed by atoms with Crippen molar-refractivity contribution in [3.63, 3.8) is 0 Å². The van der Waals surface area contributed by atoms with Gasteiger partial charge in [-0.3, -0.25) is 0 Å². The Balaban J connectivity index is 2.26. The van der Waals surface area contributed by atoms with Crippen LogP contribution in [0.1, 0.15) is 30.9 Å². The lowest BCUT2D eigenvalue weighted by atomic mass is 10.4. The second-order valence-electron chi connectivity index (χ2n) is 4.27. The fourth-order valence-electron chi connectivity index (χ4n) is 1.76. The number of hydrogen-bond acceptors (Lipinski definition) is 8. The van der Waals surface area contributed by atoms with Crippen LogP contribution in [0.2, 0.25) is 0 Å². The third-order valence-corrected chi connectivity index (χ3v) is 4.04. The first kappa shape index (κ1) is 15.6. The number of aromatic nitrogens is 3. The molecule has 0 fully saturated rings. The van der Waals surface area contributed by atoms with Crippen molar-refractivity contribution in [2.75, 3.05) is 18.0 Å². The number of anilines is 1. The van der Waals surface area contributed by atoms with Gasteiger partial charge in [-0.05, 0) is 20.8 Å². The lowest BCUT2D eigenvalue weighted by molar-refractivity contribution is 0.857. The number of azo groups is 1. The van der Waals surface area contributed by atoms with Gasteiger partial charge in [-0.25, -0.2) is 4.98 Å². The molecule has 2 aromatic heterocycles. The fourth-order valence-corrected chi connectivity index (χ4v) is 2.78. The Morgan fingerprint density at radius 2 is 1.91 bits per heavy atom. The van der Waals surface area contributed by atoms with E-state index in [-0.39, 0.29) is 17.3 Å². The summed E-state index contributed by atoms with van der Waals surface area (Å²) in [7, 11) is 0. The molecular weight excluding hydrogens is 300 g/mol. The lowest BCUT2D eigenvalue weighted by Crippen LogP contribution is -2.21. The highest BCUT2D eigenvalue weighted by molar-refractivity contribution is 7.19. The number of nitriles is 2. The van der Waals surface area contributed by atoms with E-state index >= 15 is 0 Å². The maximum Gasteiger partial charge on any atom is 0.249 e. The predicted molar refractivity (Wildman–Crippen MR) is 82.6 cm³/mol. The number of hydrogen-bond donors (Lipinski definition) is 1. The first-order valence-corrected chi connectivity index (χ1v) is 7.48. The van der Waals surface area contributed by atoms with Crippen LogP contribution < -0.4 is 4.90 Å². The molecule has 2 aromatic rings. The molecule has 0 saturated carbocycles. The minimum Gasteiger partial charge on any atom is -0.349 e. The topological polar surface area (TPSA) is 117 Å². The summed E-state index contributed by atoms with van der Waals surface area (Å²) in [5.74, 6) is 0.130. The summed E-state index contributed by atoms with van der Waals surface area (Å²) in [6, 6.07) is 3.68. The van der Waals surface area contributed by atoms with Crippen LogP contribution >= 0.6 is 11.3 Å². The average molecular weight is 314 g/mol. The van der Waals surface area contributed by atoms with Crippen molar-refractivity contribution in [3.8, 4) is 12.1 Å². The molecule has 0 radical (unpaired) electrons. The monoisotopic (exact) mass is 314 g/mol. The van der Waals surface area contributed by atoms with Crippen molar-refractivity contribution in [2.45, 2.75) is 20.8 Å². The van der Waals surface area contributed by atoms with E-state index in [0.717, 1.165) is 23.9 Å². The summed E-state index contributed by atoms with van der Waals surface area (Å²) >= 11 is 1.44. The van der Waals surface area contributed by atoms with Crippen LogP contribution in [0.4, 0.5) is 16.1 Å². The summed E-state index contributed by atoms with van der Waals surface area (Å²) in [4.78, 5) is 13.1. The van der Waals surface area contributed by atoms with Gasteiger partial charge in [-0.2, -0.15) is 15.5 Å². The van der Waals surface area contributed by atoms with Gasteiger partial charge in [0.15, 0.2) is 21.5 Å². The molecule has 2 rings (SSSR count). The highest BCUT2D eigenvalue weighted by atomic mass is 32.1. The number of H-pyrrole nitrogens is 1. The van der Waals surface area contributed by atoms with Gasteiger partial charge in [0.25, 0.3) is 0 Å². The van der Waals surface area contributed by atoms with Crippen molar-refractivity contribution < 1.29 is 0 Å². The van der Waals surface area contributed by atoms with Gasteiger partial charge in [0.05, 0.1) is 5.69 Å². The zero-order valence-corrected chi connectivity index (χ0v) is 13.3. The van der Waals surface area contributed by atoms with E-state index < -0.39 is 0 Å². The molecule has 8 nitrogen and oxygen atoms in total. The smallest absolute Gasteiger partial charge is 0.249 e. The molecule has 0 amide bonds. The number of rotatable bonds is 5. The Morgan fingerprint density at radius 3 is 2.45 bits per heavy atom. The average Bonchev–Trinajstić information content (AvgIpc) is 3.09. The van der Waals surface area contributed by atoms with Gasteiger partial charge in [-0.15, -0.1) is 10.2 Å². The zero-order valence-electron chi connectivity index (χ0n) is 12.5. The molecule has 112 valence electrons. The molecule has 0 aliphatic heterocycles. The van der Waals surface area contributed by atoms with E-state index in [2.05, 4.69) is 43.9 Å². The SMILES string of the molecule is CCN(CC)c1nc(C)c(N=Nc2nc(C#N)c(C#N)[nH]2)s1. The van der Waals surface area contributed by atoms with Gasteiger partial charge in [-0.1, -0.05) is 11.3 Å². The van der Waals surface area contributed by atoms with Crippen molar-refractivity contribution in [1.29, 1.82) is 10.5 Å². The van der Waals surface area contributed by atoms with Gasteiger partial charge in [0.2, 0.25) is 5.95 Å². The number of nitrogens with one attached hydrogen (secondary N) is 1. The normalized spacial score (nSPS) is 10.6. The van der Waals surface area contributed by atoms with E-state index in [1.165, 1.54) is 11.3 Å². The van der Waals surface area contributed by atoms with Crippen molar-refractivity contribution in [2.24, 2.45) is 10.2 Å². The fraction of sp³-hybridized carbons (Fsp3) is 0.385. The van der Waals surface area contributed by atoms with Crippen LogP contribution in [0.3, 0.4) is 0 Å². The van der Waals surface area contributed by atoms with Crippen molar-refractivity contribution in [3.05, 3.63) is 17.1 Å². The summed E-state index contributed by atoms with van der Waals surface area (Å²) in [5, 5.41) is 27.3. The Bertz CT molecular complexity index is 738. The number of thiazole rings is 1. The molecule has 0 bridgehead atoms. The minimum absolute atomic E-state index is 0.0151.